The average molecular weight is 297 g/mol. The molecule has 0 saturated carbocycles. The van der Waals surface area contributed by atoms with Gasteiger partial charge in [-0.3, -0.25) is 0 Å². The molecule has 3 nitrogen and oxygen atoms in total. The van der Waals surface area contributed by atoms with Gasteiger partial charge in [0.1, 0.15) is 0 Å². The highest BCUT2D eigenvalue weighted by atomic mass is 32.1. The summed E-state index contributed by atoms with van der Waals surface area (Å²) in [4.78, 5) is 5.91. The maximum absolute atomic E-state index is 5.97. The molecule has 21 heavy (non-hydrogen) atoms. The second-order valence-electron chi connectivity index (χ2n) is 5.68. The fraction of sp³-hybridized carbons (Fsp3) is 0.353. The van der Waals surface area contributed by atoms with E-state index in [1.807, 2.05) is 17.7 Å². The van der Waals surface area contributed by atoms with Crippen molar-refractivity contribution in [1.29, 1.82) is 0 Å². The van der Waals surface area contributed by atoms with E-state index in [-0.39, 0.29) is 0 Å². The molecule has 0 unspecified atom stereocenters. The van der Waals surface area contributed by atoms with E-state index in [9.17, 15) is 0 Å². The van der Waals surface area contributed by atoms with Crippen LogP contribution in [0.25, 0.3) is 10.1 Å². The van der Waals surface area contributed by atoms with Crippen LogP contribution >= 0.6 is 11.3 Å². The number of nitrogens with two attached hydrogens (primary N) is 1. The number of imidazole rings is 1. The molecule has 4 heteroatoms. The molecular formula is C17H19N3S. The van der Waals surface area contributed by atoms with Crippen molar-refractivity contribution in [3.8, 4) is 0 Å². The summed E-state index contributed by atoms with van der Waals surface area (Å²) in [5, 5.41) is 1.35. The molecule has 1 aliphatic carbocycles. The molecule has 4 rings (SSSR count). The Morgan fingerprint density at radius 3 is 2.95 bits per heavy atom. The van der Waals surface area contributed by atoms with E-state index in [2.05, 4.69) is 33.8 Å². The molecule has 0 radical (unpaired) electrons. The standard InChI is InChI=1S/C17H19N3S/c18-9-17-13(12-5-1-4-8-16(12)21-17)10-20-11-19-14-6-2-3-7-15(14)20/h1,4-5,8,11H,2-3,6-7,9-10,18H2. The van der Waals surface area contributed by atoms with Gasteiger partial charge in [-0.2, -0.15) is 0 Å². The van der Waals surface area contributed by atoms with Crippen LogP contribution in [0, 0.1) is 0 Å². The Bertz CT molecular complexity index is 785. The van der Waals surface area contributed by atoms with Gasteiger partial charge in [-0.05, 0) is 42.7 Å². The monoisotopic (exact) mass is 297 g/mol. The van der Waals surface area contributed by atoms with Crippen molar-refractivity contribution in [2.75, 3.05) is 0 Å². The molecule has 3 aromatic rings. The molecule has 2 aromatic heterocycles. The third kappa shape index (κ3) is 2.19. The predicted molar refractivity (Wildman–Crippen MR) is 87.7 cm³/mol. The zero-order valence-corrected chi connectivity index (χ0v) is 12.8. The molecule has 0 bridgehead atoms. The van der Waals surface area contributed by atoms with Crippen molar-refractivity contribution in [3.05, 3.63) is 52.4 Å². The number of hydrogen-bond acceptors (Lipinski definition) is 3. The van der Waals surface area contributed by atoms with Gasteiger partial charge in [0.05, 0.1) is 18.6 Å². The van der Waals surface area contributed by atoms with E-state index < -0.39 is 0 Å². The molecule has 0 fully saturated rings. The van der Waals surface area contributed by atoms with Crippen LogP contribution in [0.1, 0.15) is 34.7 Å². The maximum Gasteiger partial charge on any atom is 0.0954 e. The van der Waals surface area contributed by atoms with E-state index in [4.69, 9.17) is 5.73 Å². The average Bonchev–Trinajstić information content (AvgIpc) is 3.10. The number of fused-ring (bicyclic) bond motifs is 2. The molecule has 0 aliphatic heterocycles. The second-order valence-corrected chi connectivity index (χ2v) is 6.81. The Balaban J connectivity index is 1.79. The number of thiophene rings is 1. The summed E-state index contributed by atoms with van der Waals surface area (Å²) in [5.41, 5.74) is 10.1. The predicted octanol–water partition coefficient (Wildman–Crippen LogP) is 3.48. The lowest BCUT2D eigenvalue weighted by atomic mass is 10.0. The second kappa shape index (κ2) is 5.28. The molecule has 1 aromatic carbocycles. The molecule has 1 aliphatic rings. The molecule has 108 valence electrons. The van der Waals surface area contributed by atoms with Gasteiger partial charge >= 0.3 is 0 Å². The van der Waals surface area contributed by atoms with Crippen molar-refractivity contribution in [1.82, 2.24) is 9.55 Å². The van der Waals surface area contributed by atoms with E-state index in [1.165, 1.54) is 44.8 Å². The molecule has 2 heterocycles. The summed E-state index contributed by atoms with van der Waals surface area (Å²) in [6.45, 7) is 1.52. The van der Waals surface area contributed by atoms with Gasteiger partial charge in [0.2, 0.25) is 0 Å². The number of aromatic nitrogens is 2. The first-order valence-corrected chi connectivity index (χ1v) is 8.40. The Kier molecular flexibility index (Phi) is 3.28. The molecule has 0 spiro atoms. The SMILES string of the molecule is NCc1sc2ccccc2c1Cn1cnc2c1CCCC2. The summed E-state index contributed by atoms with van der Waals surface area (Å²) in [6.07, 6.45) is 6.88. The Hall–Kier alpha value is -1.65. The van der Waals surface area contributed by atoms with Crippen LogP contribution in [0.5, 0.6) is 0 Å². The third-order valence-electron chi connectivity index (χ3n) is 4.41. The first-order valence-electron chi connectivity index (χ1n) is 7.59. The van der Waals surface area contributed by atoms with E-state index in [1.54, 1.807) is 0 Å². The summed E-state index contributed by atoms with van der Waals surface area (Å²) < 4.78 is 3.67. The Morgan fingerprint density at radius 1 is 1.19 bits per heavy atom. The highest BCUT2D eigenvalue weighted by Crippen LogP contribution is 2.32. The Morgan fingerprint density at radius 2 is 2.05 bits per heavy atom. The third-order valence-corrected chi connectivity index (χ3v) is 5.64. The minimum absolute atomic E-state index is 0.617. The van der Waals surface area contributed by atoms with Gasteiger partial charge in [0, 0.05) is 21.8 Å². The molecule has 0 saturated heterocycles. The van der Waals surface area contributed by atoms with Crippen LogP contribution in [-0.4, -0.2) is 9.55 Å². The van der Waals surface area contributed by atoms with Gasteiger partial charge in [-0.1, -0.05) is 18.2 Å². The number of nitrogens with zero attached hydrogens (tertiary/aromatic N) is 2. The van der Waals surface area contributed by atoms with Crippen LogP contribution in [-0.2, 0) is 25.9 Å². The summed E-state index contributed by atoms with van der Waals surface area (Å²) in [6, 6.07) is 8.61. The molecule has 0 amide bonds. The van der Waals surface area contributed by atoms with Crippen LogP contribution in [0.4, 0.5) is 0 Å². The quantitative estimate of drug-likeness (QED) is 0.804. The van der Waals surface area contributed by atoms with Crippen molar-refractivity contribution >= 4 is 21.4 Å². The van der Waals surface area contributed by atoms with Crippen LogP contribution in [0.2, 0.25) is 0 Å². The number of benzene rings is 1. The topological polar surface area (TPSA) is 43.8 Å². The number of aryl methyl sites for hydroxylation is 1. The maximum atomic E-state index is 5.97. The smallest absolute Gasteiger partial charge is 0.0954 e. The minimum Gasteiger partial charge on any atom is -0.330 e. The zero-order chi connectivity index (χ0) is 14.2. The van der Waals surface area contributed by atoms with Gasteiger partial charge in [-0.25, -0.2) is 4.98 Å². The van der Waals surface area contributed by atoms with Gasteiger partial charge in [0.25, 0.3) is 0 Å². The lowest BCUT2D eigenvalue weighted by Crippen LogP contribution is -2.10. The largest absolute Gasteiger partial charge is 0.330 e. The van der Waals surface area contributed by atoms with Gasteiger partial charge < -0.3 is 10.3 Å². The van der Waals surface area contributed by atoms with Crippen molar-refractivity contribution in [2.45, 2.75) is 38.8 Å². The number of rotatable bonds is 3. The fourth-order valence-electron chi connectivity index (χ4n) is 3.33. The highest BCUT2D eigenvalue weighted by molar-refractivity contribution is 7.19. The van der Waals surface area contributed by atoms with Crippen LogP contribution in [0.3, 0.4) is 0 Å². The molecule has 0 atom stereocenters. The van der Waals surface area contributed by atoms with Crippen molar-refractivity contribution in [3.63, 3.8) is 0 Å². The van der Waals surface area contributed by atoms with E-state index in [0.29, 0.717) is 6.54 Å². The first-order chi connectivity index (χ1) is 10.4. The van der Waals surface area contributed by atoms with Gasteiger partial charge in [0.15, 0.2) is 0 Å². The highest BCUT2D eigenvalue weighted by Gasteiger charge is 2.17. The van der Waals surface area contributed by atoms with Gasteiger partial charge in [-0.15, -0.1) is 11.3 Å². The Labute approximate surface area is 128 Å². The summed E-state index contributed by atoms with van der Waals surface area (Å²) >= 11 is 1.82. The minimum atomic E-state index is 0.617. The van der Waals surface area contributed by atoms with Crippen LogP contribution in [0.15, 0.2) is 30.6 Å². The van der Waals surface area contributed by atoms with Crippen LogP contribution < -0.4 is 5.73 Å². The number of hydrogen-bond donors (Lipinski definition) is 1. The molecule has 2 N–H and O–H groups in total. The van der Waals surface area contributed by atoms with E-state index in [0.717, 1.165) is 19.4 Å². The lowest BCUT2D eigenvalue weighted by molar-refractivity contribution is 0.629. The van der Waals surface area contributed by atoms with Crippen molar-refractivity contribution < 1.29 is 0 Å². The van der Waals surface area contributed by atoms with E-state index >= 15 is 0 Å². The lowest BCUT2D eigenvalue weighted by Gasteiger charge is -2.14. The fourth-order valence-corrected chi connectivity index (χ4v) is 4.42. The summed E-state index contributed by atoms with van der Waals surface area (Å²) in [5.74, 6) is 0. The summed E-state index contributed by atoms with van der Waals surface area (Å²) in [7, 11) is 0. The molecular weight excluding hydrogens is 278 g/mol. The first kappa shape index (κ1) is 13.0. The van der Waals surface area contributed by atoms with Crippen molar-refractivity contribution in [2.24, 2.45) is 5.73 Å². The zero-order valence-electron chi connectivity index (χ0n) is 12.0. The normalized spacial score (nSPS) is 14.5.